The molecule has 0 spiro atoms. The average molecular weight is 261 g/mol. The molecule has 18 heavy (non-hydrogen) atoms. The van der Waals surface area contributed by atoms with Crippen LogP contribution in [0.5, 0.6) is 0 Å². The van der Waals surface area contributed by atoms with Gasteiger partial charge in [0.25, 0.3) is 0 Å². The molecule has 0 saturated carbocycles. The van der Waals surface area contributed by atoms with Gasteiger partial charge in [0.1, 0.15) is 5.82 Å². The fraction of sp³-hybridized carbons (Fsp3) is 0.750. The van der Waals surface area contributed by atoms with Crippen molar-refractivity contribution in [2.75, 3.05) is 6.54 Å². The summed E-state index contributed by atoms with van der Waals surface area (Å²) in [6.07, 6.45) is -1.76. The molecule has 1 unspecified atom stereocenters. The molecule has 1 fully saturated rings. The van der Waals surface area contributed by atoms with Gasteiger partial charge in [-0.25, -0.2) is 4.98 Å². The van der Waals surface area contributed by atoms with Gasteiger partial charge in [-0.1, -0.05) is 13.8 Å². The number of halogens is 3. The van der Waals surface area contributed by atoms with Gasteiger partial charge in [-0.15, -0.1) is 0 Å². The van der Waals surface area contributed by atoms with E-state index in [4.69, 9.17) is 0 Å². The molecule has 1 saturated heterocycles. The van der Waals surface area contributed by atoms with Crippen LogP contribution in [0, 0.1) is 0 Å². The van der Waals surface area contributed by atoms with E-state index in [1.165, 1.54) is 0 Å². The Morgan fingerprint density at radius 2 is 2.11 bits per heavy atom. The third-order valence-electron chi connectivity index (χ3n) is 3.23. The van der Waals surface area contributed by atoms with E-state index in [-0.39, 0.29) is 17.7 Å². The molecule has 0 aromatic carbocycles. The first-order valence-corrected chi connectivity index (χ1v) is 6.27. The predicted molar refractivity (Wildman–Crippen MR) is 62.4 cm³/mol. The van der Waals surface area contributed by atoms with Gasteiger partial charge < -0.3 is 10.3 Å². The second-order valence-corrected chi connectivity index (χ2v) is 5.10. The molecule has 102 valence electrons. The zero-order valence-electron chi connectivity index (χ0n) is 10.6. The van der Waals surface area contributed by atoms with E-state index in [0.29, 0.717) is 12.2 Å². The van der Waals surface area contributed by atoms with Crippen LogP contribution < -0.4 is 5.32 Å². The summed E-state index contributed by atoms with van der Waals surface area (Å²) in [6, 6.07) is 0.247. The Hall–Kier alpha value is -1.04. The molecular weight excluding hydrogens is 243 g/mol. The fourth-order valence-corrected chi connectivity index (χ4v) is 2.33. The first-order valence-electron chi connectivity index (χ1n) is 6.27. The number of hydrogen-bond acceptors (Lipinski definition) is 2. The quantitative estimate of drug-likeness (QED) is 0.878. The lowest BCUT2D eigenvalue weighted by atomic mass is 10.1. The maximum absolute atomic E-state index is 12.8. The van der Waals surface area contributed by atoms with Gasteiger partial charge in [0, 0.05) is 18.2 Å². The minimum Gasteiger partial charge on any atom is -0.345 e. The number of rotatable bonds is 3. The smallest absolute Gasteiger partial charge is 0.345 e. The maximum atomic E-state index is 12.8. The molecule has 1 atom stereocenters. The van der Waals surface area contributed by atoms with Crippen molar-refractivity contribution >= 4 is 0 Å². The van der Waals surface area contributed by atoms with E-state index in [1.54, 1.807) is 13.8 Å². The Morgan fingerprint density at radius 3 is 2.56 bits per heavy atom. The van der Waals surface area contributed by atoms with Crippen LogP contribution in [0.2, 0.25) is 0 Å². The number of imidazole rings is 1. The lowest BCUT2D eigenvalue weighted by Crippen LogP contribution is -2.24. The number of alkyl halides is 3. The summed E-state index contributed by atoms with van der Waals surface area (Å²) >= 11 is 0. The molecular formula is C12H18F3N3. The van der Waals surface area contributed by atoms with E-state index in [2.05, 4.69) is 15.3 Å². The van der Waals surface area contributed by atoms with Gasteiger partial charge in [0.05, 0.1) is 0 Å². The number of H-pyrrole nitrogens is 1. The van der Waals surface area contributed by atoms with Crippen LogP contribution in [-0.4, -0.2) is 22.6 Å². The molecule has 0 amide bonds. The molecule has 1 aliphatic heterocycles. The Morgan fingerprint density at radius 1 is 1.39 bits per heavy atom. The normalized spacial score (nSPS) is 20.9. The van der Waals surface area contributed by atoms with Crippen LogP contribution >= 0.6 is 0 Å². The highest BCUT2D eigenvalue weighted by Gasteiger charge is 2.38. The summed E-state index contributed by atoms with van der Waals surface area (Å²) in [7, 11) is 0. The van der Waals surface area contributed by atoms with Gasteiger partial charge >= 0.3 is 6.18 Å². The highest BCUT2D eigenvalue weighted by Crippen LogP contribution is 2.33. The van der Waals surface area contributed by atoms with E-state index >= 15 is 0 Å². The third kappa shape index (κ3) is 2.85. The number of nitrogens with zero attached hydrogens (tertiary/aromatic N) is 1. The van der Waals surface area contributed by atoms with E-state index in [0.717, 1.165) is 19.4 Å². The van der Waals surface area contributed by atoms with Gasteiger partial charge in [-0.05, 0) is 25.3 Å². The summed E-state index contributed by atoms with van der Waals surface area (Å²) in [6.45, 7) is 4.41. The van der Waals surface area contributed by atoms with Crippen molar-refractivity contribution in [3.63, 3.8) is 0 Å². The monoisotopic (exact) mass is 261 g/mol. The Bertz CT molecular complexity index is 403. The maximum Gasteiger partial charge on any atom is 0.435 e. The van der Waals surface area contributed by atoms with Gasteiger partial charge in [-0.3, -0.25) is 0 Å². The van der Waals surface area contributed by atoms with Crippen LogP contribution in [0.25, 0.3) is 0 Å². The first-order chi connectivity index (χ1) is 8.38. The Kier molecular flexibility index (Phi) is 3.66. The fourth-order valence-electron chi connectivity index (χ4n) is 2.33. The van der Waals surface area contributed by atoms with Crippen LogP contribution in [-0.2, 0) is 12.6 Å². The summed E-state index contributed by atoms with van der Waals surface area (Å²) in [5, 5.41) is 3.26. The zero-order valence-corrected chi connectivity index (χ0v) is 10.6. The minimum atomic E-state index is -4.38. The molecule has 0 bridgehead atoms. The summed E-state index contributed by atoms with van der Waals surface area (Å²) in [5.41, 5.74) is -0.569. The largest absolute Gasteiger partial charge is 0.435 e. The van der Waals surface area contributed by atoms with E-state index < -0.39 is 11.9 Å². The second-order valence-electron chi connectivity index (χ2n) is 5.10. The Balaban J connectivity index is 2.21. The zero-order chi connectivity index (χ0) is 13.3. The Labute approximate surface area is 104 Å². The van der Waals surface area contributed by atoms with Gasteiger partial charge in [0.2, 0.25) is 0 Å². The highest BCUT2D eigenvalue weighted by atomic mass is 19.4. The molecule has 2 N–H and O–H groups in total. The number of aromatic amines is 1. The van der Waals surface area contributed by atoms with E-state index in [1.807, 2.05) is 0 Å². The SMILES string of the molecule is CC(C)c1[nH]c(CC2CCCN2)nc1C(F)(F)F. The molecule has 1 aliphatic rings. The summed E-state index contributed by atoms with van der Waals surface area (Å²) in [4.78, 5) is 6.59. The minimum absolute atomic E-state index is 0.190. The van der Waals surface area contributed by atoms with Gasteiger partial charge in [0.15, 0.2) is 5.69 Å². The molecule has 3 nitrogen and oxygen atoms in total. The molecule has 2 heterocycles. The second kappa shape index (κ2) is 4.91. The number of nitrogens with one attached hydrogen (secondary N) is 2. The average Bonchev–Trinajstić information content (AvgIpc) is 2.85. The van der Waals surface area contributed by atoms with Crippen molar-refractivity contribution in [2.45, 2.75) is 51.2 Å². The topological polar surface area (TPSA) is 40.7 Å². The lowest BCUT2D eigenvalue weighted by molar-refractivity contribution is -0.141. The van der Waals surface area contributed by atoms with Crippen LogP contribution in [0.15, 0.2) is 0 Å². The molecule has 2 rings (SSSR count). The van der Waals surface area contributed by atoms with E-state index in [9.17, 15) is 13.2 Å². The molecule has 6 heteroatoms. The van der Waals surface area contributed by atoms with Crippen molar-refractivity contribution in [3.05, 3.63) is 17.2 Å². The summed E-state index contributed by atoms with van der Waals surface area (Å²) < 4.78 is 38.5. The highest BCUT2D eigenvalue weighted by molar-refractivity contribution is 5.21. The van der Waals surface area contributed by atoms with Crippen LogP contribution in [0.1, 0.15) is 49.8 Å². The van der Waals surface area contributed by atoms with Crippen molar-refractivity contribution in [3.8, 4) is 0 Å². The third-order valence-corrected chi connectivity index (χ3v) is 3.23. The predicted octanol–water partition coefficient (Wildman–Crippen LogP) is 2.85. The van der Waals surface area contributed by atoms with Gasteiger partial charge in [-0.2, -0.15) is 13.2 Å². The number of aromatic nitrogens is 2. The van der Waals surface area contributed by atoms with Crippen LogP contribution in [0.4, 0.5) is 13.2 Å². The van der Waals surface area contributed by atoms with Crippen molar-refractivity contribution in [2.24, 2.45) is 0 Å². The molecule has 1 aromatic heterocycles. The van der Waals surface area contributed by atoms with Crippen LogP contribution in [0.3, 0.4) is 0 Å². The lowest BCUT2D eigenvalue weighted by Gasteiger charge is -2.08. The van der Waals surface area contributed by atoms with Crippen molar-refractivity contribution in [1.29, 1.82) is 0 Å². The van der Waals surface area contributed by atoms with Crippen molar-refractivity contribution in [1.82, 2.24) is 15.3 Å². The number of hydrogen-bond donors (Lipinski definition) is 2. The molecule has 1 aromatic rings. The molecule has 0 radical (unpaired) electrons. The summed E-state index contributed by atoms with van der Waals surface area (Å²) in [5.74, 6) is 0.227. The molecule has 0 aliphatic carbocycles. The standard InChI is InChI=1S/C12H18F3N3/c1-7(2)10-11(12(13,14)15)18-9(17-10)6-8-4-3-5-16-8/h7-8,16H,3-6H2,1-2H3,(H,17,18). The first kappa shape index (κ1) is 13.4. The van der Waals surface area contributed by atoms with Crippen molar-refractivity contribution < 1.29 is 13.2 Å².